The van der Waals surface area contributed by atoms with E-state index in [4.69, 9.17) is 10.1 Å². The normalized spacial score (nSPS) is 23.3. The molecule has 1 amide bonds. The van der Waals surface area contributed by atoms with Crippen LogP contribution in [0.5, 0.6) is 0 Å². The number of Topliss-reactive ketones (excluding diaryl/α,β-unsaturated/α-hetero) is 1. The van der Waals surface area contributed by atoms with Gasteiger partial charge in [0, 0.05) is 67.2 Å². The van der Waals surface area contributed by atoms with E-state index in [0.717, 1.165) is 60.2 Å². The fraction of sp³-hybridized carbons (Fsp3) is 0.424. The molecule has 6 rings (SSSR count). The van der Waals surface area contributed by atoms with Gasteiger partial charge in [0.15, 0.2) is 0 Å². The Morgan fingerprint density at radius 2 is 2.00 bits per heavy atom. The Labute approximate surface area is 239 Å². The van der Waals surface area contributed by atoms with Crippen LogP contribution in [0.4, 0.5) is 4.39 Å². The zero-order valence-corrected chi connectivity index (χ0v) is 23.1. The van der Waals surface area contributed by atoms with Crippen molar-refractivity contribution in [3.05, 3.63) is 71.5 Å². The average Bonchev–Trinajstić information content (AvgIpc) is 3.42. The molecule has 2 N–H and O–H groups in total. The summed E-state index contributed by atoms with van der Waals surface area (Å²) >= 11 is 0. The van der Waals surface area contributed by atoms with Gasteiger partial charge < -0.3 is 10.4 Å². The number of rotatable bonds is 7. The van der Waals surface area contributed by atoms with Crippen molar-refractivity contribution < 1.29 is 19.1 Å². The molecule has 0 bridgehead atoms. The van der Waals surface area contributed by atoms with Crippen molar-refractivity contribution in [1.29, 1.82) is 0 Å². The molecule has 2 aromatic rings. The van der Waals surface area contributed by atoms with E-state index in [1.54, 1.807) is 12.3 Å². The number of benzene rings is 1. The van der Waals surface area contributed by atoms with Crippen LogP contribution in [0.2, 0.25) is 0 Å². The van der Waals surface area contributed by atoms with Crippen molar-refractivity contribution in [2.24, 2.45) is 27.2 Å². The third-order valence-electron chi connectivity index (χ3n) is 8.89. The minimum absolute atomic E-state index is 0.0109. The van der Waals surface area contributed by atoms with Gasteiger partial charge in [-0.2, -0.15) is 0 Å². The van der Waals surface area contributed by atoms with Crippen LogP contribution >= 0.6 is 0 Å². The van der Waals surface area contributed by atoms with Crippen LogP contribution < -0.4 is 5.32 Å². The lowest BCUT2D eigenvalue weighted by atomic mass is 9.62. The van der Waals surface area contributed by atoms with E-state index >= 15 is 0 Å². The topological polar surface area (TPSA) is 104 Å². The second kappa shape index (κ2) is 11.6. The van der Waals surface area contributed by atoms with E-state index < -0.39 is 5.92 Å². The fourth-order valence-corrected chi connectivity index (χ4v) is 6.96. The van der Waals surface area contributed by atoms with Gasteiger partial charge in [-0.3, -0.25) is 24.6 Å². The van der Waals surface area contributed by atoms with E-state index in [-0.39, 0.29) is 35.4 Å². The average molecular weight is 555 g/mol. The number of amides is 1. The highest BCUT2D eigenvalue weighted by molar-refractivity contribution is 6.46. The molecule has 3 heterocycles. The minimum atomic E-state index is -0.420. The summed E-state index contributed by atoms with van der Waals surface area (Å²) < 4.78 is 13.7. The van der Waals surface area contributed by atoms with E-state index in [0.29, 0.717) is 43.8 Å². The number of aliphatic hydroxyl groups is 1. The monoisotopic (exact) mass is 554 g/mol. The summed E-state index contributed by atoms with van der Waals surface area (Å²) in [5.41, 5.74) is 5.16. The lowest BCUT2D eigenvalue weighted by Gasteiger charge is -2.43. The molecule has 0 saturated heterocycles. The largest absolute Gasteiger partial charge is 0.396 e. The maximum Gasteiger partial charge on any atom is 0.269 e. The third-order valence-corrected chi connectivity index (χ3v) is 8.89. The van der Waals surface area contributed by atoms with Crippen molar-refractivity contribution in [3.8, 4) is 11.1 Å². The number of ketones is 1. The molecule has 1 spiro atoms. The van der Waals surface area contributed by atoms with Crippen molar-refractivity contribution in [2.75, 3.05) is 19.7 Å². The van der Waals surface area contributed by atoms with Gasteiger partial charge in [0.1, 0.15) is 17.3 Å². The first kappa shape index (κ1) is 27.4. The van der Waals surface area contributed by atoms with Gasteiger partial charge in [-0.15, -0.1) is 0 Å². The summed E-state index contributed by atoms with van der Waals surface area (Å²) in [6.45, 7) is 0.809. The Morgan fingerprint density at radius 3 is 2.76 bits per heavy atom. The summed E-state index contributed by atoms with van der Waals surface area (Å²) in [5.74, 6) is -1.19. The van der Waals surface area contributed by atoms with Crippen LogP contribution in [0, 0.1) is 23.1 Å². The van der Waals surface area contributed by atoms with Crippen molar-refractivity contribution in [3.63, 3.8) is 0 Å². The number of carbonyl (C=O) groups excluding carboxylic acids is 2. The summed E-state index contributed by atoms with van der Waals surface area (Å²) in [6, 6.07) is 10.2. The number of fused-ring (bicyclic) bond motifs is 1. The number of aliphatic imine (C=N–C) groups is 2. The predicted molar refractivity (Wildman–Crippen MR) is 157 cm³/mol. The molecule has 7 nitrogen and oxygen atoms in total. The Morgan fingerprint density at radius 1 is 1.15 bits per heavy atom. The molecule has 2 aliphatic heterocycles. The van der Waals surface area contributed by atoms with E-state index in [1.165, 1.54) is 12.1 Å². The quantitative estimate of drug-likeness (QED) is 0.464. The maximum atomic E-state index is 13.9. The molecule has 2 fully saturated rings. The number of halogens is 1. The number of nitrogens with one attached hydrogen (secondary N) is 1. The molecule has 2 saturated carbocycles. The molecule has 1 aromatic carbocycles. The Kier molecular flexibility index (Phi) is 7.75. The van der Waals surface area contributed by atoms with Crippen molar-refractivity contribution in [2.45, 2.75) is 51.4 Å². The van der Waals surface area contributed by atoms with Crippen LogP contribution in [-0.4, -0.2) is 52.9 Å². The molecule has 212 valence electrons. The minimum Gasteiger partial charge on any atom is -0.396 e. The first-order valence-corrected chi connectivity index (χ1v) is 14.6. The molecule has 8 heteroatoms. The van der Waals surface area contributed by atoms with Gasteiger partial charge in [0.25, 0.3) is 5.91 Å². The molecule has 1 aromatic heterocycles. The summed E-state index contributed by atoms with van der Waals surface area (Å²) in [5, 5.41) is 12.0. The van der Waals surface area contributed by atoms with Crippen molar-refractivity contribution >= 4 is 29.2 Å². The van der Waals surface area contributed by atoms with Crippen LogP contribution in [0.3, 0.4) is 0 Å². The number of aromatic nitrogens is 1. The van der Waals surface area contributed by atoms with Gasteiger partial charge in [0.05, 0.1) is 11.6 Å². The number of hydrogen-bond donors (Lipinski definition) is 2. The van der Waals surface area contributed by atoms with Gasteiger partial charge in [-0.25, -0.2) is 4.39 Å². The molecule has 0 radical (unpaired) electrons. The molecular formula is C33H35FN4O3. The first-order chi connectivity index (χ1) is 20.0. The molecule has 2 aliphatic carbocycles. The zero-order valence-electron chi connectivity index (χ0n) is 23.1. The maximum absolute atomic E-state index is 13.9. The number of aliphatic hydroxyl groups excluding tert-OH is 1. The zero-order chi connectivity index (χ0) is 28.4. The first-order valence-electron chi connectivity index (χ1n) is 14.6. The van der Waals surface area contributed by atoms with Crippen LogP contribution in [0.1, 0.15) is 57.1 Å². The third kappa shape index (κ3) is 5.58. The lowest BCUT2D eigenvalue weighted by Crippen LogP contribution is -2.47. The second-order valence-corrected chi connectivity index (χ2v) is 11.6. The van der Waals surface area contributed by atoms with Gasteiger partial charge >= 0.3 is 0 Å². The molecule has 2 atom stereocenters. The molecular weight excluding hydrogens is 519 g/mol. The summed E-state index contributed by atoms with van der Waals surface area (Å²) in [4.78, 5) is 41.4. The predicted octanol–water partition coefficient (Wildman–Crippen LogP) is 5.11. The molecule has 4 aliphatic rings. The van der Waals surface area contributed by atoms with Gasteiger partial charge in [-0.1, -0.05) is 37.1 Å². The summed E-state index contributed by atoms with van der Waals surface area (Å²) in [6.07, 6.45) is 12.5. The van der Waals surface area contributed by atoms with Crippen molar-refractivity contribution in [1.82, 2.24) is 10.3 Å². The van der Waals surface area contributed by atoms with Gasteiger partial charge in [-0.05, 0) is 60.9 Å². The Bertz CT molecular complexity index is 1470. The Balaban J connectivity index is 1.34. The van der Waals surface area contributed by atoms with Crippen LogP contribution in [0.15, 0.2) is 69.9 Å². The number of hydrogen-bond acceptors (Lipinski definition) is 6. The smallest absolute Gasteiger partial charge is 0.269 e. The number of dihydropyridines is 1. The van der Waals surface area contributed by atoms with Crippen LogP contribution in [-0.2, 0) is 9.59 Å². The van der Waals surface area contributed by atoms with Crippen LogP contribution in [0.25, 0.3) is 17.2 Å². The van der Waals surface area contributed by atoms with Gasteiger partial charge in [0.2, 0.25) is 0 Å². The SMILES string of the molecule is O=C(NCCCO)C1=NCCC2=C1C(/C=C/c1ccc(-c3cccc(F)c3)cn1)C1C(=O)CC3(CCCC3)CC1=N2. The highest BCUT2D eigenvalue weighted by Gasteiger charge is 2.50. The number of carbonyl (C=O) groups is 2. The lowest BCUT2D eigenvalue weighted by molar-refractivity contribution is -0.125. The fourth-order valence-electron chi connectivity index (χ4n) is 6.96. The van der Waals surface area contributed by atoms with E-state index in [2.05, 4.69) is 15.3 Å². The number of pyridine rings is 1. The second-order valence-electron chi connectivity index (χ2n) is 11.6. The highest BCUT2D eigenvalue weighted by atomic mass is 19.1. The molecule has 2 unspecified atom stereocenters. The number of nitrogens with zero attached hydrogens (tertiary/aromatic N) is 3. The summed E-state index contributed by atoms with van der Waals surface area (Å²) in [7, 11) is 0. The Hall–Kier alpha value is -3.78. The standard InChI is InChI=1S/C33H35FN4O3/c34-23-6-3-5-21(17-23)22-7-8-24(37-20-22)9-10-25-29-27(18-33(19-28(29)40)12-1-2-13-33)38-26-11-15-35-31(30(25)26)32(41)36-14-4-16-39/h3,5-10,17,20,25,29,39H,1-2,4,11-16,18-19H2,(H,36,41)/b10-9+. The highest BCUT2D eigenvalue weighted by Crippen LogP contribution is 2.52. The van der Waals surface area contributed by atoms with E-state index in [1.807, 2.05) is 30.4 Å². The molecule has 41 heavy (non-hydrogen) atoms. The number of allylic oxidation sites excluding steroid dienone is 1. The van der Waals surface area contributed by atoms with E-state index in [9.17, 15) is 14.0 Å².